The number of carbonyl (C=O) groups is 1. The molecule has 0 atom stereocenters. The minimum atomic E-state index is -5.80. The molecule has 118 valence electrons. The summed E-state index contributed by atoms with van der Waals surface area (Å²) in [6.07, 6.45) is -11.6. The number of alkyl halides is 6. The van der Waals surface area contributed by atoms with Gasteiger partial charge >= 0.3 is 12.4 Å². The van der Waals surface area contributed by atoms with E-state index in [-0.39, 0.29) is 10.0 Å². The quantitative estimate of drug-likeness (QED) is 0.746. The molecule has 21 heavy (non-hydrogen) atoms. The number of aryl methyl sites for hydroxylation is 1. The molecular formula is C11H7BrF7NO. The minimum absolute atomic E-state index is 0.0406. The van der Waals surface area contributed by atoms with E-state index in [4.69, 9.17) is 0 Å². The van der Waals surface area contributed by atoms with Crippen molar-refractivity contribution >= 4 is 27.5 Å². The molecule has 1 aromatic rings. The molecule has 0 aromatic heterocycles. The van der Waals surface area contributed by atoms with Crippen molar-refractivity contribution in [3.05, 3.63) is 28.0 Å². The van der Waals surface area contributed by atoms with E-state index >= 15 is 0 Å². The lowest BCUT2D eigenvalue weighted by Crippen LogP contribution is -2.45. The van der Waals surface area contributed by atoms with E-state index < -0.39 is 35.7 Å². The van der Waals surface area contributed by atoms with Crippen LogP contribution in [0.3, 0.4) is 0 Å². The highest BCUT2D eigenvalue weighted by Crippen LogP contribution is 2.40. The number of anilines is 1. The van der Waals surface area contributed by atoms with Gasteiger partial charge in [0.2, 0.25) is 11.8 Å². The van der Waals surface area contributed by atoms with Crippen molar-refractivity contribution in [2.24, 2.45) is 5.92 Å². The summed E-state index contributed by atoms with van der Waals surface area (Å²) >= 11 is 2.79. The highest BCUT2D eigenvalue weighted by molar-refractivity contribution is 9.10. The van der Waals surface area contributed by atoms with Gasteiger partial charge in [-0.1, -0.05) is 0 Å². The Morgan fingerprint density at radius 3 is 2.05 bits per heavy atom. The summed E-state index contributed by atoms with van der Waals surface area (Å²) in [4.78, 5) is 11.3. The fourth-order valence-electron chi connectivity index (χ4n) is 1.47. The molecule has 0 saturated carbocycles. The SMILES string of the molecule is Cc1cc(Br)c(F)cc1NC(=O)C(C(F)(F)F)C(F)(F)F. The molecule has 0 aliphatic heterocycles. The van der Waals surface area contributed by atoms with Crippen LogP contribution in [0.15, 0.2) is 16.6 Å². The molecular weight excluding hydrogens is 375 g/mol. The lowest BCUT2D eigenvalue weighted by atomic mass is 10.1. The maximum atomic E-state index is 13.2. The Morgan fingerprint density at radius 2 is 1.62 bits per heavy atom. The highest BCUT2D eigenvalue weighted by Gasteiger charge is 2.61. The molecule has 0 aliphatic rings. The van der Waals surface area contributed by atoms with Crippen molar-refractivity contribution in [2.75, 3.05) is 5.32 Å². The second-order valence-electron chi connectivity index (χ2n) is 4.09. The predicted molar refractivity (Wildman–Crippen MR) is 63.1 cm³/mol. The van der Waals surface area contributed by atoms with Crippen LogP contribution >= 0.6 is 15.9 Å². The van der Waals surface area contributed by atoms with Crippen LogP contribution in [0.5, 0.6) is 0 Å². The Hall–Kier alpha value is -1.32. The van der Waals surface area contributed by atoms with Gasteiger partial charge in [0, 0.05) is 5.69 Å². The van der Waals surface area contributed by atoms with Crippen LogP contribution in [0.25, 0.3) is 0 Å². The van der Waals surface area contributed by atoms with E-state index in [1.54, 1.807) is 0 Å². The van der Waals surface area contributed by atoms with Crippen LogP contribution in [0.1, 0.15) is 5.56 Å². The van der Waals surface area contributed by atoms with Crippen LogP contribution in [0.2, 0.25) is 0 Å². The summed E-state index contributed by atoms with van der Waals surface area (Å²) in [7, 11) is 0. The molecule has 1 rings (SSSR count). The fraction of sp³-hybridized carbons (Fsp3) is 0.364. The Kier molecular flexibility index (Phi) is 4.91. The summed E-state index contributed by atoms with van der Waals surface area (Å²) in [5, 5.41) is 1.45. The number of halogens is 8. The number of hydrogen-bond acceptors (Lipinski definition) is 1. The molecule has 1 aromatic carbocycles. The highest BCUT2D eigenvalue weighted by atomic mass is 79.9. The van der Waals surface area contributed by atoms with Crippen molar-refractivity contribution < 1.29 is 35.5 Å². The maximum Gasteiger partial charge on any atom is 0.409 e. The third-order valence-electron chi connectivity index (χ3n) is 2.44. The number of benzene rings is 1. The van der Waals surface area contributed by atoms with Crippen LogP contribution in [0, 0.1) is 18.7 Å². The molecule has 0 radical (unpaired) electrons. The van der Waals surface area contributed by atoms with Crippen molar-refractivity contribution in [3.63, 3.8) is 0 Å². The van der Waals surface area contributed by atoms with Crippen molar-refractivity contribution in [1.29, 1.82) is 0 Å². The zero-order chi connectivity index (χ0) is 16.6. The normalized spacial score (nSPS) is 12.7. The molecule has 0 spiro atoms. The molecule has 0 unspecified atom stereocenters. The van der Waals surface area contributed by atoms with E-state index in [2.05, 4.69) is 15.9 Å². The summed E-state index contributed by atoms with van der Waals surface area (Å²) < 4.78 is 87.3. The van der Waals surface area contributed by atoms with Gasteiger partial charge in [0.1, 0.15) is 5.82 Å². The van der Waals surface area contributed by atoms with E-state index in [1.165, 1.54) is 12.2 Å². The number of rotatable bonds is 2. The predicted octanol–water partition coefficient (Wildman–Crippen LogP) is 4.58. The molecule has 0 saturated heterocycles. The van der Waals surface area contributed by atoms with Gasteiger partial charge < -0.3 is 5.32 Å². The molecule has 0 fully saturated rings. The van der Waals surface area contributed by atoms with E-state index in [0.29, 0.717) is 6.07 Å². The van der Waals surface area contributed by atoms with Gasteiger partial charge in [-0.25, -0.2) is 4.39 Å². The largest absolute Gasteiger partial charge is 0.409 e. The first kappa shape index (κ1) is 17.7. The van der Waals surface area contributed by atoms with Crippen molar-refractivity contribution in [2.45, 2.75) is 19.3 Å². The summed E-state index contributed by atoms with van der Waals surface area (Å²) in [6, 6.07) is 1.74. The third kappa shape index (κ3) is 4.32. The number of nitrogens with one attached hydrogen (secondary N) is 1. The zero-order valence-electron chi connectivity index (χ0n) is 10.2. The average molecular weight is 382 g/mol. The second-order valence-corrected chi connectivity index (χ2v) is 4.94. The van der Waals surface area contributed by atoms with Gasteiger partial charge in [0.25, 0.3) is 0 Å². The third-order valence-corrected chi connectivity index (χ3v) is 3.05. The zero-order valence-corrected chi connectivity index (χ0v) is 11.8. The maximum absolute atomic E-state index is 13.2. The number of amides is 1. The van der Waals surface area contributed by atoms with Crippen LogP contribution in [-0.2, 0) is 4.79 Å². The Balaban J connectivity index is 3.12. The van der Waals surface area contributed by atoms with Crippen molar-refractivity contribution in [3.8, 4) is 0 Å². The standard InChI is InChI=1S/C11H7BrF7NO/c1-4-2-5(12)6(13)3-7(4)20-9(21)8(10(14,15)16)11(17,18)19/h2-3,8H,1H3,(H,20,21). The topological polar surface area (TPSA) is 29.1 Å². The van der Waals surface area contributed by atoms with E-state index in [9.17, 15) is 35.5 Å². The average Bonchev–Trinajstić information content (AvgIpc) is 2.21. The van der Waals surface area contributed by atoms with Crippen LogP contribution in [0.4, 0.5) is 36.4 Å². The number of carbonyl (C=O) groups excluding carboxylic acids is 1. The summed E-state index contributed by atoms with van der Waals surface area (Å²) in [5.74, 6) is -7.44. The number of hydrogen-bond donors (Lipinski definition) is 1. The first-order valence-corrected chi connectivity index (χ1v) is 6.03. The first-order chi connectivity index (χ1) is 9.34. The van der Waals surface area contributed by atoms with Gasteiger partial charge in [0.15, 0.2) is 0 Å². The Bertz CT molecular complexity index is 539. The molecule has 1 amide bonds. The Labute approximate surface area is 122 Å². The molecule has 2 nitrogen and oxygen atoms in total. The van der Waals surface area contributed by atoms with Gasteiger partial charge in [-0.15, -0.1) is 0 Å². The summed E-state index contributed by atoms with van der Waals surface area (Å²) in [6.45, 7) is 1.29. The molecule has 0 aliphatic carbocycles. The monoisotopic (exact) mass is 381 g/mol. The van der Waals surface area contributed by atoms with Crippen LogP contribution in [-0.4, -0.2) is 18.3 Å². The van der Waals surface area contributed by atoms with Crippen molar-refractivity contribution in [1.82, 2.24) is 0 Å². The lowest BCUT2D eigenvalue weighted by Gasteiger charge is -2.22. The second kappa shape index (κ2) is 5.82. The molecule has 0 bridgehead atoms. The molecule has 10 heteroatoms. The van der Waals surface area contributed by atoms with Gasteiger partial charge in [-0.05, 0) is 40.5 Å². The van der Waals surface area contributed by atoms with Gasteiger partial charge in [0.05, 0.1) is 4.47 Å². The Morgan fingerprint density at radius 1 is 1.14 bits per heavy atom. The van der Waals surface area contributed by atoms with Gasteiger partial charge in [-0.2, -0.15) is 26.3 Å². The summed E-state index contributed by atoms with van der Waals surface area (Å²) in [5.41, 5.74) is -0.376. The first-order valence-electron chi connectivity index (χ1n) is 5.24. The molecule has 0 heterocycles. The molecule has 1 N–H and O–H groups in total. The van der Waals surface area contributed by atoms with E-state index in [0.717, 1.165) is 6.07 Å². The minimum Gasteiger partial charge on any atom is -0.325 e. The van der Waals surface area contributed by atoms with Gasteiger partial charge in [-0.3, -0.25) is 4.79 Å². The lowest BCUT2D eigenvalue weighted by molar-refractivity contribution is -0.272. The van der Waals surface area contributed by atoms with E-state index in [1.807, 2.05) is 0 Å². The van der Waals surface area contributed by atoms with Crippen LogP contribution < -0.4 is 5.32 Å². The smallest absolute Gasteiger partial charge is 0.325 e. The fourth-order valence-corrected chi connectivity index (χ4v) is 1.93.